The van der Waals surface area contributed by atoms with E-state index in [4.69, 9.17) is 29.9 Å². The van der Waals surface area contributed by atoms with Crippen LogP contribution < -0.4 is 29.6 Å². The zero-order chi connectivity index (χ0) is 22.8. The molecule has 2 N–H and O–H groups in total. The molecule has 9 nitrogen and oxygen atoms in total. The van der Waals surface area contributed by atoms with E-state index in [0.29, 0.717) is 18.0 Å². The maximum Gasteiger partial charge on any atom is 0.258 e. The molecular weight excluding hydrogens is 402 g/mol. The number of nitrogens with two attached hydrogens (primary N) is 1. The fourth-order valence-corrected chi connectivity index (χ4v) is 2.84. The standard InChI is InChI=1S/C22H25N3O6/c1-4-30-17-8-6-16(7-9-17)25(11-5-10-23)22(27)15-12-18(28-2)21(19(13-15)29-3)31-14-20(24)26/h6-9,12-13H,4-5,11,14H2,1-3H3,(H2,24,26). The normalized spacial score (nSPS) is 10.0. The van der Waals surface area contributed by atoms with Crippen LogP contribution in [0.1, 0.15) is 23.7 Å². The van der Waals surface area contributed by atoms with Crippen LogP contribution in [0.3, 0.4) is 0 Å². The number of hydrogen-bond acceptors (Lipinski definition) is 7. The fourth-order valence-electron chi connectivity index (χ4n) is 2.84. The number of nitrogens with zero attached hydrogens (tertiary/aromatic N) is 2. The topological polar surface area (TPSA) is 124 Å². The highest BCUT2D eigenvalue weighted by molar-refractivity contribution is 6.07. The van der Waals surface area contributed by atoms with Crippen molar-refractivity contribution in [3.63, 3.8) is 0 Å². The van der Waals surface area contributed by atoms with Gasteiger partial charge in [-0.05, 0) is 43.3 Å². The second kappa shape index (κ2) is 11.3. The molecule has 2 aromatic rings. The van der Waals surface area contributed by atoms with E-state index in [9.17, 15) is 9.59 Å². The molecule has 0 aliphatic carbocycles. The summed E-state index contributed by atoms with van der Waals surface area (Å²) in [4.78, 5) is 25.9. The Bertz CT molecular complexity index is 928. The minimum atomic E-state index is -0.664. The van der Waals surface area contributed by atoms with E-state index < -0.39 is 5.91 Å². The summed E-state index contributed by atoms with van der Waals surface area (Å²) in [6.45, 7) is 2.22. The molecule has 0 unspecified atom stereocenters. The van der Waals surface area contributed by atoms with Crippen molar-refractivity contribution in [2.75, 3.05) is 38.9 Å². The van der Waals surface area contributed by atoms with Gasteiger partial charge in [0.2, 0.25) is 5.75 Å². The number of amides is 2. The van der Waals surface area contributed by atoms with Crippen LogP contribution in [-0.2, 0) is 4.79 Å². The summed E-state index contributed by atoms with van der Waals surface area (Å²) in [7, 11) is 2.81. The molecule has 2 rings (SSSR count). The SMILES string of the molecule is CCOc1ccc(N(CCC#N)C(=O)c2cc(OC)c(OCC(N)=O)c(OC)c2)cc1. The summed E-state index contributed by atoms with van der Waals surface area (Å²) in [5, 5.41) is 9.03. The molecule has 0 heterocycles. The summed E-state index contributed by atoms with van der Waals surface area (Å²) in [6.07, 6.45) is 0.146. The molecule has 0 aliphatic heterocycles. The number of methoxy groups -OCH3 is 2. The van der Waals surface area contributed by atoms with Gasteiger partial charge in [-0.3, -0.25) is 9.59 Å². The van der Waals surface area contributed by atoms with Crippen molar-refractivity contribution >= 4 is 17.5 Å². The average molecular weight is 427 g/mol. The van der Waals surface area contributed by atoms with Crippen LogP contribution in [0.15, 0.2) is 36.4 Å². The van der Waals surface area contributed by atoms with E-state index in [1.165, 1.54) is 31.3 Å². The van der Waals surface area contributed by atoms with Crippen molar-refractivity contribution in [1.82, 2.24) is 0 Å². The summed E-state index contributed by atoms with van der Waals surface area (Å²) >= 11 is 0. The molecule has 0 aromatic heterocycles. The van der Waals surface area contributed by atoms with Crippen LogP contribution in [0.2, 0.25) is 0 Å². The molecule has 31 heavy (non-hydrogen) atoms. The number of carbonyl (C=O) groups is 2. The first-order valence-electron chi connectivity index (χ1n) is 9.53. The van der Waals surface area contributed by atoms with Gasteiger partial charge in [-0.25, -0.2) is 0 Å². The molecule has 0 saturated heterocycles. The highest BCUT2D eigenvalue weighted by Gasteiger charge is 2.23. The Morgan fingerprint density at radius 3 is 2.16 bits per heavy atom. The summed E-state index contributed by atoms with van der Waals surface area (Å²) in [5.41, 5.74) is 6.00. The van der Waals surface area contributed by atoms with Gasteiger partial charge in [0, 0.05) is 17.8 Å². The number of ether oxygens (including phenoxy) is 4. The number of anilines is 1. The highest BCUT2D eigenvalue weighted by Crippen LogP contribution is 2.39. The Kier molecular flexibility index (Phi) is 8.52. The molecule has 2 aromatic carbocycles. The highest BCUT2D eigenvalue weighted by atomic mass is 16.5. The minimum Gasteiger partial charge on any atom is -0.494 e. The van der Waals surface area contributed by atoms with E-state index in [0.717, 1.165) is 0 Å². The smallest absolute Gasteiger partial charge is 0.258 e. The molecule has 0 aliphatic rings. The zero-order valence-electron chi connectivity index (χ0n) is 17.7. The third-order valence-corrected chi connectivity index (χ3v) is 4.22. The Morgan fingerprint density at radius 1 is 1.06 bits per heavy atom. The molecule has 164 valence electrons. The lowest BCUT2D eigenvalue weighted by Gasteiger charge is -2.23. The molecule has 9 heteroatoms. The van der Waals surface area contributed by atoms with Gasteiger partial charge in [-0.15, -0.1) is 0 Å². The number of primary amides is 1. The van der Waals surface area contributed by atoms with Gasteiger partial charge in [0.15, 0.2) is 18.1 Å². The number of nitriles is 1. The summed E-state index contributed by atoms with van der Waals surface area (Å²) in [6, 6.07) is 12.0. The fraction of sp³-hybridized carbons (Fsp3) is 0.318. The van der Waals surface area contributed by atoms with Crippen molar-refractivity contribution in [3.8, 4) is 29.1 Å². The second-order valence-corrected chi connectivity index (χ2v) is 6.26. The molecule has 0 fully saturated rings. The number of carbonyl (C=O) groups excluding carboxylic acids is 2. The van der Waals surface area contributed by atoms with E-state index in [1.807, 2.05) is 6.92 Å². The average Bonchev–Trinajstić information content (AvgIpc) is 2.78. The van der Waals surface area contributed by atoms with Gasteiger partial charge in [-0.2, -0.15) is 5.26 Å². The van der Waals surface area contributed by atoms with Crippen LogP contribution in [0.4, 0.5) is 5.69 Å². The first kappa shape index (κ1) is 23.3. The lowest BCUT2D eigenvalue weighted by molar-refractivity contribution is -0.120. The molecule has 0 saturated carbocycles. The molecular formula is C22H25N3O6. The van der Waals surface area contributed by atoms with Crippen LogP contribution in [0, 0.1) is 11.3 Å². The maximum atomic E-state index is 13.3. The van der Waals surface area contributed by atoms with Gasteiger partial charge < -0.3 is 29.6 Å². The van der Waals surface area contributed by atoms with Crippen LogP contribution in [0.5, 0.6) is 23.0 Å². The van der Waals surface area contributed by atoms with Gasteiger partial charge >= 0.3 is 0 Å². The zero-order valence-corrected chi connectivity index (χ0v) is 17.7. The van der Waals surface area contributed by atoms with Crippen LogP contribution >= 0.6 is 0 Å². The first-order valence-corrected chi connectivity index (χ1v) is 9.53. The predicted octanol–water partition coefficient (Wildman–Crippen LogP) is 2.53. The summed E-state index contributed by atoms with van der Waals surface area (Å²) in [5.74, 6) is 0.217. The molecule has 0 bridgehead atoms. The third-order valence-electron chi connectivity index (χ3n) is 4.22. The van der Waals surface area contributed by atoms with E-state index in [-0.39, 0.29) is 48.3 Å². The lowest BCUT2D eigenvalue weighted by Crippen LogP contribution is -2.32. The molecule has 0 radical (unpaired) electrons. The second-order valence-electron chi connectivity index (χ2n) is 6.26. The van der Waals surface area contributed by atoms with Gasteiger partial charge in [0.05, 0.1) is 33.3 Å². The van der Waals surface area contributed by atoms with Crippen molar-refractivity contribution in [1.29, 1.82) is 5.26 Å². The Labute approximate surface area is 180 Å². The Balaban J connectivity index is 2.43. The minimum absolute atomic E-state index is 0.146. The van der Waals surface area contributed by atoms with Crippen LogP contribution in [-0.4, -0.2) is 45.8 Å². The third kappa shape index (κ3) is 6.02. The molecule has 0 spiro atoms. The molecule has 0 atom stereocenters. The van der Waals surface area contributed by atoms with E-state index in [2.05, 4.69) is 6.07 Å². The van der Waals surface area contributed by atoms with Crippen molar-refractivity contribution in [2.45, 2.75) is 13.3 Å². The van der Waals surface area contributed by atoms with Crippen molar-refractivity contribution in [3.05, 3.63) is 42.0 Å². The Hall–Kier alpha value is -3.93. The summed E-state index contributed by atoms with van der Waals surface area (Å²) < 4.78 is 21.5. The lowest BCUT2D eigenvalue weighted by atomic mass is 10.1. The maximum absolute atomic E-state index is 13.3. The van der Waals surface area contributed by atoms with Crippen LogP contribution in [0.25, 0.3) is 0 Å². The van der Waals surface area contributed by atoms with Gasteiger partial charge in [-0.1, -0.05) is 0 Å². The first-order chi connectivity index (χ1) is 14.9. The van der Waals surface area contributed by atoms with Gasteiger partial charge in [0.1, 0.15) is 5.75 Å². The van der Waals surface area contributed by atoms with E-state index >= 15 is 0 Å². The number of hydrogen-bond donors (Lipinski definition) is 1. The number of benzene rings is 2. The Morgan fingerprint density at radius 2 is 1.68 bits per heavy atom. The predicted molar refractivity (Wildman–Crippen MR) is 114 cm³/mol. The largest absolute Gasteiger partial charge is 0.494 e. The van der Waals surface area contributed by atoms with Crippen molar-refractivity contribution in [2.24, 2.45) is 5.73 Å². The quantitative estimate of drug-likeness (QED) is 0.584. The van der Waals surface area contributed by atoms with Gasteiger partial charge in [0.25, 0.3) is 11.8 Å². The van der Waals surface area contributed by atoms with Crippen molar-refractivity contribution < 1.29 is 28.5 Å². The monoisotopic (exact) mass is 427 g/mol. The van der Waals surface area contributed by atoms with E-state index in [1.54, 1.807) is 24.3 Å². The molecule has 2 amide bonds. The number of rotatable bonds is 11.